The van der Waals surface area contributed by atoms with E-state index in [-0.39, 0.29) is 0 Å². The van der Waals surface area contributed by atoms with Crippen LogP contribution in [0, 0.1) is 19.8 Å². The van der Waals surface area contributed by atoms with E-state index in [0.29, 0.717) is 35.2 Å². The summed E-state index contributed by atoms with van der Waals surface area (Å²) in [6, 6.07) is 3.53. The second-order valence-electron chi connectivity index (χ2n) is 5.39. The number of sulfonamides is 1. The molecule has 0 amide bonds. The largest absolute Gasteiger partial charge is 0.398 e. The lowest BCUT2D eigenvalue weighted by Crippen LogP contribution is -2.35. The normalized spacial score (nSPS) is 13.7. The predicted octanol–water partition coefficient (Wildman–Crippen LogP) is 2.94. The van der Waals surface area contributed by atoms with Crippen molar-refractivity contribution in [2.24, 2.45) is 5.92 Å². The topological polar surface area (TPSA) is 63.4 Å². The molecule has 2 N–H and O–H groups in total. The summed E-state index contributed by atoms with van der Waals surface area (Å²) in [7, 11) is -3.49. The first-order chi connectivity index (χ1) is 9.25. The molecule has 20 heavy (non-hydrogen) atoms. The maximum Gasteiger partial charge on any atom is 0.243 e. The van der Waals surface area contributed by atoms with Gasteiger partial charge in [0, 0.05) is 18.8 Å². The molecule has 1 aromatic rings. The van der Waals surface area contributed by atoms with Crippen LogP contribution in [0.3, 0.4) is 0 Å². The molecule has 5 heteroatoms. The minimum absolute atomic E-state index is 0.339. The summed E-state index contributed by atoms with van der Waals surface area (Å²) in [5, 5.41) is 0. The molecule has 114 valence electrons. The molecule has 0 bridgehead atoms. The van der Waals surface area contributed by atoms with Gasteiger partial charge in [-0.1, -0.05) is 33.3 Å². The molecule has 0 saturated heterocycles. The molecule has 1 aromatic carbocycles. The van der Waals surface area contributed by atoms with Gasteiger partial charge in [0.1, 0.15) is 0 Å². The van der Waals surface area contributed by atoms with Gasteiger partial charge in [-0.3, -0.25) is 0 Å². The fourth-order valence-electron chi connectivity index (χ4n) is 2.24. The number of hydrogen-bond acceptors (Lipinski definition) is 3. The minimum atomic E-state index is -3.49. The minimum Gasteiger partial charge on any atom is -0.398 e. The number of nitrogens with zero attached hydrogens (tertiary/aromatic N) is 1. The highest BCUT2D eigenvalue weighted by atomic mass is 32.2. The Balaban J connectivity index is 3.31. The number of aryl methyl sites for hydroxylation is 1. The van der Waals surface area contributed by atoms with E-state index in [4.69, 9.17) is 5.73 Å². The van der Waals surface area contributed by atoms with E-state index in [1.54, 1.807) is 23.4 Å². The average Bonchev–Trinajstić information content (AvgIpc) is 2.39. The lowest BCUT2D eigenvalue weighted by molar-refractivity contribution is 0.361. The Morgan fingerprint density at radius 2 is 1.85 bits per heavy atom. The Kier molecular flexibility index (Phi) is 5.59. The fraction of sp³-hybridized carbons (Fsp3) is 0.600. The van der Waals surface area contributed by atoms with Crippen LogP contribution >= 0.6 is 0 Å². The first-order valence-corrected chi connectivity index (χ1v) is 8.55. The van der Waals surface area contributed by atoms with Crippen molar-refractivity contribution in [2.75, 3.05) is 18.8 Å². The van der Waals surface area contributed by atoms with Crippen LogP contribution < -0.4 is 5.73 Å². The highest BCUT2D eigenvalue weighted by molar-refractivity contribution is 7.89. The Morgan fingerprint density at radius 3 is 2.35 bits per heavy atom. The van der Waals surface area contributed by atoms with Gasteiger partial charge in [0.15, 0.2) is 0 Å². The van der Waals surface area contributed by atoms with Crippen molar-refractivity contribution < 1.29 is 8.42 Å². The molecule has 0 fully saturated rings. The summed E-state index contributed by atoms with van der Waals surface area (Å²) >= 11 is 0. The zero-order chi connectivity index (χ0) is 15.5. The maximum absolute atomic E-state index is 12.9. The molecular formula is C15H26N2O2S. The molecule has 0 spiro atoms. The molecule has 4 nitrogen and oxygen atoms in total. The zero-order valence-corrected chi connectivity index (χ0v) is 13.9. The number of nitrogen functional groups attached to an aromatic ring is 1. The Labute approximate surface area is 123 Å². The van der Waals surface area contributed by atoms with E-state index >= 15 is 0 Å². The van der Waals surface area contributed by atoms with Gasteiger partial charge in [-0.15, -0.1) is 0 Å². The van der Waals surface area contributed by atoms with Crippen LogP contribution in [0.1, 0.15) is 38.3 Å². The number of benzene rings is 1. The molecule has 1 unspecified atom stereocenters. The summed E-state index contributed by atoms with van der Waals surface area (Å²) in [4.78, 5) is 0.364. The van der Waals surface area contributed by atoms with Crippen LogP contribution in [-0.4, -0.2) is 25.8 Å². The van der Waals surface area contributed by atoms with Crippen molar-refractivity contribution in [2.45, 2.75) is 45.9 Å². The number of anilines is 1. The molecule has 0 heterocycles. The molecule has 1 rings (SSSR count). The third-order valence-corrected chi connectivity index (χ3v) is 6.04. The van der Waals surface area contributed by atoms with E-state index in [2.05, 4.69) is 13.8 Å². The second-order valence-corrected chi connectivity index (χ2v) is 7.27. The highest BCUT2D eigenvalue weighted by Gasteiger charge is 2.28. The molecule has 0 radical (unpaired) electrons. The summed E-state index contributed by atoms with van der Waals surface area (Å²) in [5.74, 6) is 0.339. The van der Waals surface area contributed by atoms with Crippen molar-refractivity contribution in [3.05, 3.63) is 23.3 Å². The Morgan fingerprint density at radius 1 is 1.25 bits per heavy atom. The first-order valence-electron chi connectivity index (χ1n) is 7.11. The lowest BCUT2D eigenvalue weighted by Gasteiger charge is -2.25. The third kappa shape index (κ3) is 3.33. The van der Waals surface area contributed by atoms with E-state index < -0.39 is 10.0 Å². The lowest BCUT2D eigenvalue weighted by atomic mass is 10.1. The van der Waals surface area contributed by atoms with Crippen LogP contribution in [0.5, 0.6) is 0 Å². The van der Waals surface area contributed by atoms with E-state index in [0.717, 1.165) is 12.0 Å². The molecular weight excluding hydrogens is 272 g/mol. The predicted molar refractivity (Wildman–Crippen MR) is 84.2 cm³/mol. The molecule has 0 aromatic heterocycles. The van der Waals surface area contributed by atoms with Crippen LogP contribution in [0.15, 0.2) is 17.0 Å². The molecule has 0 aliphatic carbocycles. The standard InChI is InChI=1S/C15H26N2O2S/c1-6-11(3)10-17(7-2)20(18,19)15-12(4)8-9-14(16)13(15)5/h8-9,11H,6-7,10,16H2,1-5H3. The van der Waals surface area contributed by atoms with Crippen LogP contribution in [0.2, 0.25) is 0 Å². The number of nitrogens with two attached hydrogens (primary N) is 1. The second kappa shape index (κ2) is 6.59. The fourth-order valence-corrected chi connectivity index (χ4v) is 4.27. The summed E-state index contributed by atoms with van der Waals surface area (Å²) < 4.78 is 27.3. The van der Waals surface area contributed by atoms with Gasteiger partial charge in [0.05, 0.1) is 4.90 Å². The Hall–Kier alpha value is -1.07. The summed E-state index contributed by atoms with van der Waals surface area (Å²) in [5.41, 5.74) is 7.79. The molecule has 1 atom stereocenters. The van der Waals surface area contributed by atoms with Crippen molar-refractivity contribution in [1.82, 2.24) is 4.31 Å². The Bertz CT molecular complexity index is 567. The SMILES string of the molecule is CCC(C)CN(CC)S(=O)(=O)c1c(C)ccc(N)c1C. The van der Waals surface area contributed by atoms with Gasteiger partial charge in [0.2, 0.25) is 10.0 Å². The molecule has 0 aliphatic heterocycles. The van der Waals surface area contributed by atoms with Crippen molar-refractivity contribution in [1.29, 1.82) is 0 Å². The van der Waals surface area contributed by atoms with Crippen LogP contribution in [0.25, 0.3) is 0 Å². The van der Waals surface area contributed by atoms with Crippen LogP contribution in [-0.2, 0) is 10.0 Å². The van der Waals surface area contributed by atoms with Gasteiger partial charge >= 0.3 is 0 Å². The summed E-state index contributed by atoms with van der Waals surface area (Å²) in [6.45, 7) is 10.6. The van der Waals surface area contributed by atoms with Gasteiger partial charge in [-0.2, -0.15) is 4.31 Å². The van der Waals surface area contributed by atoms with Gasteiger partial charge in [-0.05, 0) is 37.0 Å². The van der Waals surface area contributed by atoms with Crippen LogP contribution in [0.4, 0.5) is 5.69 Å². The highest BCUT2D eigenvalue weighted by Crippen LogP contribution is 2.28. The quantitative estimate of drug-likeness (QED) is 0.821. The van der Waals surface area contributed by atoms with E-state index in [1.807, 2.05) is 13.8 Å². The monoisotopic (exact) mass is 298 g/mol. The number of rotatable bonds is 6. The summed E-state index contributed by atoms with van der Waals surface area (Å²) in [6.07, 6.45) is 0.959. The van der Waals surface area contributed by atoms with Gasteiger partial charge in [0.25, 0.3) is 0 Å². The van der Waals surface area contributed by atoms with Crippen molar-refractivity contribution >= 4 is 15.7 Å². The van der Waals surface area contributed by atoms with E-state index in [9.17, 15) is 8.42 Å². The number of hydrogen-bond donors (Lipinski definition) is 1. The van der Waals surface area contributed by atoms with E-state index in [1.165, 1.54) is 0 Å². The first kappa shape index (κ1) is 17.0. The smallest absolute Gasteiger partial charge is 0.243 e. The van der Waals surface area contributed by atoms with Gasteiger partial charge in [-0.25, -0.2) is 8.42 Å². The zero-order valence-electron chi connectivity index (χ0n) is 13.1. The average molecular weight is 298 g/mol. The maximum atomic E-state index is 12.9. The van der Waals surface area contributed by atoms with Crippen molar-refractivity contribution in [3.8, 4) is 0 Å². The third-order valence-electron chi connectivity index (χ3n) is 3.81. The molecule has 0 aliphatic rings. The van der Waals surface area contributed by atoms with Gasteiger partial charge < -0.3 is 5.73 Å². The molecule has 0 saturated carbocycles. The van der Waals surface area contributed by atoms with Crippen molar-refractivity contribution in [3.63, 3.8) is 0 Å².